The lowest BCUT2D eigenvalue weighted by molar-refractivity contribution is 0.102. The summed E-state index contributed by atoms with van der Waals surface area (Å²) in [5, 5.41) is 7.13. The Labute approximate surface area is 157 Å². The van der Waals surface area contributed by atoms with E-state index in [9.17, 15) is 4.79 Å². The van der Waals surface area contributed by atoms with Crippen LogP contribution in [-0.4, -0.2) is 30.1 Å². The third-order valence-electron chi connectivity index (χ3n) is 4.21. The van der Waals surface area contributed by atoms with Gasteiger partial charge in [0.25, 0.3) is 5.91 Å². The van der Waals surface area contributed by atoms with E-state index in [1.165, 1.54) is 0 Å². The minimum Gasteiger partial charge on any atom is -0.321 e. The number of aryl methyl sites for hydroxylation is 1. The normalized spacial score (nSPS) is 11.0. The molecule has 0 atom stereocenters. The SMILES string of the molecule is Cc1ncn(-c2ccc(NC(=O)c3nn4cccnc4c3Br)cc2)c1C. The first-order valence-electron chi connectivity index (χ1n) is 7.96. The van der Waals surface area contributed by atoms with E-state index in [1.807, 2.05) is 42.7 Å². The standard InChI is InChI=1S/C18H15BrN6O/c1-11-12(2)24(10-21-11)14-6-4-13(5-7-14)22-18(26)16-15(19)17-20-8-3-9-25(17)23-16/h3-10H,1-2H3,(H,22,26). The van der Waals surface area contributed by atoms with Gasteiger partial charge in [-0.1, -0.05) is 0 Å². The van der Waals surface area contributed by atoms with Crippen LogP contribution in [0.3, 0.4) is 0 Å². The highest BCUT2D eigenvalue weighted by Gasteiger charge is 2.18. The molecule has 130 valence electrons. The Morgan fingerprint density at radius 3 is 2.58 bits per heavy atom. The van der Waals surface area contributed by atoms with Crippen molar-refractivity contribution in [2.24, 2.45) is 0 Å². The van der Waals surface area contributed by atoms with Gasteiger partial charge in [0.2, 0.25) is 0 Å². The van der Waals surface area contributed by atoms with Gasteiger partial charge in [-0.3, -0.25) is 4.79 Å². The van der Waals surface area contributed by atoms with Gasteiger partial charge in [0.1, 0.15) is 0 Å². The molecular formula is C18H15BrN6O. The van der Waals surface area contributed by atoms with Gasteiger partial charge in [0, 0.05) is 29.5 Å². The maximum absolute atomic E-state index is 12.6. The molecule has 4 rings (SSSR count). The zero-order chi connectivity index (χ0) is 18.3. The lowest BCUT2D eigenvalue weighted by Gasteiger charge is -2.08. The van der Waals surface area contributed by atoms with Gasteiger partial charge in [-0.05, 0) is 60.1 Å². The van der Waals surface area contributed by atoms with Crippen LogP contribution < -0.4 is 5.32 Å². The van der Waals surface area contributed by atoms with E-state index >= 15 is 0 Å². The zero-order valence-corrected chi connectivity index (χ0v) is 15.7. The average Bonchev–Trinajstić information content (AvgIpc) is 3.16. The first-order chi connectivity index (χ1) is 12.5. The molecule has 8 heteroatoms. The van der Waals surface area contributed by atoms with Crippen LogP contribution in [0.2, 0.25) is 0 Å². The molecule has 7 nitrogen and oxygen atoms in total. The van der Waals surface area contributed by atoms with Crippen molar-refractivity contribution in [1.29, 1.82) is 0 Å². The first-order valence-corrected chi connectivity index (χ1v) is 8.75. The second kappa shape index (κ2) is 6.38. The molecular weight excluding hydrogens is 396 g/mol. The number of carbonyl (C=O) groups is 1. The highest BCUT2D eigenvalue weighted by Crippen LogP contribution is 2.22. The summed E-state index contributed by atoms with van der Waals surface area (Å²) in [6, 6.07) is 9.33. The van der Waals surface area contributed by atoms with E-state index in [4.69, 9.17) is 0 Å². The fourth-order valence-corrected chi connectivity index (χ4v) is 3.20. The van der Waals surface area contributed by atoms with Crippen molar-refractivity contribution >= 4 is 33.2 Å². The van der Waals surface area contributed by atoms with Crippen LogP contribution in [0.1, 0.15) is 21.9 Å². The maximum atomic E-state index is 12.6. The summed E-state index contributed by atoms with van der Waals surface area (Å²) in [5.74, 6) is -0.301. The van der Waals surface area contributed by atoms with Crippen molar-refractivity contribution in [2.45, 2.75) is 13.8 Å². The quantitative estimate of drug-likeness (QED) is 0.560. The summed E-state index contributed by atoms with van der Waals surface area (Å²) < 4.78 is 4.13. The van der Waals surface area contributed by atoms with Crippen LogP contribution >= 0.6 is 15.9 Å². The lowest BCUT2D eigenvalue weighted by atomic mass is 10.2. The Hall–Kier alpha value is -3.00. The van der Waals surface area contributed by atoms with Gasteiger partial charge in [0.05, 0.1) is 16.5 Å². The van der Waals surface area contributed by atoms with E-state index in [-0.39, 0.29) is 11.6 Å². The second-order valence-electron chi connectivity index (χ2n) is 5.84. The molecule has 1 N–H and O–H groups in total. The van der Waals surface area contributed by atoms with Crippen LogP contribution in [0.25, 0.3) is 11.3 Å². The fraction of sp³-hybridized carbons (Fsp3) is 0.111. The number of anilines is 1. The molecule has 0 aliphatic heterocycles. The molecule has 1 amide bonds. The topological polar surface area (TPSA) is 77.1 Å². The summed E-state index contributed by atoms with van der Waals surface area (Å²) in [4.78, 5) is 21.1. The van der Waals surface area contributed by atoms with Crippen molar-refractivity contribution in [2.75, 3.05) is 5.32 Å². The molecule has 1 aromatic carbocycles. The lowest BCUT2D eigenvalue weighted by Crippen LogP contribution is -2.13. The molecule has 0 radical (unpaired) electrons. The second-order valence-corrected chi connectivity index (χ2v) is 6.63. The van der Waals surface area contributed by atoms with Crippen LogP contribution in [0.5, 0.6) is 0 Å². The smallest absolute Gasteiger partial charge is 0.277 e. The van der Waals surface area contributed by atoms with Crippen LogP contribution in [0.4, 0.5) is 5.69 Å². The van der Waals surface area contributed by atoms with Crippen molar-refractivity contribution in [3.05, 3.63) is 70.6 Å². The predicted octanol–water partition coefficient (Wildman–Crippen LogP) is 3.55. The summed E-state index contributed by atoms with van der Waals surface area (Å²) in [6.45, 7) is 4.00. The monoisotopic (exact) mass is 410 g/mol. The molecule has 3 aromatic heterocycles. The Bertz CT molecular complexity index is 1110. The first kappa shape index (κ1) is 16.5. The number of nitrogens with one attached hydrogen (secondary N) is 1. The number of aromatic nitrogens is 5. The fourth-order valence-electron chi connectivity index (χ4n) is 2.66. The molecule has 0 saturated heterocycles. The zero-order valence-electron chi connectivity index (χ0n) is 14.1. The van der Waals surface area contributed by atoms with Crippen LogP contribution in [-0.2, 0) is 0 Å². The molecule has 4 aromatic rings. The number of carbonyl (C=O) groups excluding carboxylic acids is 1. The number of nitrogens with zero attached hydrogens (tertiary/aromatic N) is 5. The van der Waals surface area contributed by atoms with Gasteiger partial charge < -0.3 is 9.88 Å². The van der Waals surface area contributed by atoms with E-state index in [0.717, 1.165) is 17.1 Å². The van der Waals surface area contributed by atoms with Crippen LogP contribution in [0.15, 0.2) is 53.5 Å². The molecule has 0 bridgehead atoms. The number of hydrogen-bond donors (Lipinski definition) is 1. The minimum atomic E-state index is -0.301. The Kier molecular flexibility index (Phi) is 4.04. The molecule has 0 aliphatic carbocycles. The van der Waals surface area contributed by atoms with Crippen molar-refractivity contribution < 1.29 is 4.79 Å². The Balaban J connectivity index is 1.58. The van der Waals surface area contributed by atoms with E-state index < -0.39 is 0 Å². The third kappa shape index (κ3) is 2.78. The van der Waals surface area contributed by atoms with Gasteiger partial charge >= 0.3 is 0 Å². The Morgan fingerprint density at radius 1 is 1.15 bits per heavy atom. The maximum Gasteiger partial charge on any atom is 0.277 e. The van der Waals surface area contributed by atoms with Crippen molar-refractivity contribution in [3.63, 3.8) is 0 Å². The highest BCUT2D eigenvalue weighted by molar-refractivity contribution is 9.10. The van der Waals surface area contributed by atoms with Gasteiger partial charge in [-0.15, -0.1) is 0 Å². The molecule has 0 aliphatic rings. The van der Waals surface area contributed by atoms with E-state index in [1.54, 1.807) is 29.3 Å². The number of benzene rings is 1. The number of rotatable bonds is 3. The minimum absolute atomic E-state index is 0.286. The average molecular weight is 411 g/mol. The summed E-state index contributed by atoms with van der Waals surface area (Å²) >= 11 is 3.40. The van der Waals surface area contributed by atoms with Crippen LogP contribution in [0, 0.1) is 13.8 Å². The number of imidazole rings is 1. The largest absolute Gasteiger partial charge is 0.321 e. The summed E-state index contributed by atoms with van der Waals surface area (Å²) in [7, 11) is 0. The van der Waals surface area contributed by atoms with E-state index in [2.05, 4.69) is 36.3 Å². The van der Waals surface area contributed by atoms with E-state index in [0.29, 0.717) is 15.8 Å². The third-order valence-corrected chi connectivity index (χ3v) is 4.94. The van der Waals surface area contributed by atoms with Gasteiger partial charge in [-0.25, -0.2) is 14.5 Å². The number of fused-ring (bicyclic) bond motifs is 1. The number of halogens is 1. The number of amides is 1. The van der Waals surface area contributed by atoms with Crippen molar-refractivity contribution in [3.8, 4) is 5.69 Å². The van der Waals surface area contributed by atoms with Gasteiger partial charge in [0.15, 0.2) is 11.3 Å². The molecule has 3 heterocycles. The molecule has 0 unspecified atom stereocenters. The number of hydrogen-bond acceptors (Lipinski definition) is 4. The van der Waals surface area contributed by atoms with Gasteiger partial charge in [-0.2, -0.15) is 5.10 Å². The Morgan fingerprint density at radius 2 is 1.92 bits per heavy atom. The molecule has 0 fully saturated rings. The molecule has 0 spiro atoms. The molecule has 0 saturated carbocycles. The highest BCUT2D eigenvalue weighted by atomic mass is 79.9. The summed E-state index contributed by atoms with van der Waals surface area (Å²) in [5.41, 5.74) is 4.63. The predicted molar refractivity (Wildman–Crippen MR) is 102 cm³/mol. The molecule has 26 heavy (non-hydrogen) atoms. The van der Waals surface area contributed by atoms with Crippen molar-refractivity contribution in [1.82, 2.24) is 24.1 Å². The summed E-state index contributed by atoms with van der Waals surface area (Å²) in [6.07, 6.45) is 5.19.